The molecule has 2 rings (SSSR count). The molecular formula is C19H30N2O3. The highest BCUT2D eigenvalue weighted by Gasteiger charge is 2.23. The molecule has 134 valence electrons. The third-order valence-electron chi connectivity index (χ3n) is 4.21. The van der Waals surface area contributed by atoms with E-state index < -0.39 is 0 Å². The van der Waals surface area contributed by atoms with E-state index in [0.29, 0.717) is 36.3 Å². The number of benzene rings is 1. The molecule has 2 atom stereocenters. The van der Waals surface area contributed by atoms with Gasteiger partial charge in [-0.2, -0.15) is 0 Å². The van der Waals surface area contributed by atoms with Gasteiger partial charge in [-0.3, -0.25) is 4.79 Å². The highest BCUT2D eigenvalue weighted by Crippen LogP contribution is 2.29. The van der Waals surface area contributed by atoms with Crippen LogP contribution in [-0.4, -0.2) is 37.7 Å². The molecule has 0 spiro atoms. The van der Waals surface area contributed by atoms with Gasteiger partial charge in [-0.15, -0.1) is 0 Å². The van der Waals surface area contributed by atoms with E-state index in [9.17, 15) is 4.79 Å². The molecule has 0 saturated carbocycles. The molecule has 5 nitrogen and oxygen atoms in total. The lowest BCUT2D eigenvalue weighted by atomic mass is 9.99. The van der Waals surface area contributed by atoms with Gasteiger partial charge in [0.15, 0.2) is 11.5 Å². The second kappa shape index (κ2) is 9.52. The molecule has 2 N–H and O–H groups in total. The second-order valence-electron chi connectivity index (χ2n) is 6.32. The molecule has 1 saturated heterocycles. The van der Waals surface area contributed by atoms with Gasteiger partial charge in [0.1, 0.15) is 0 Å². The van der Waals surface area contributed by atoms with Crippen molar-refractivity contribution in [1.29, 1.82) is 0 Å². The summed E-state index contributed by atoms with van der Waals surface area (Å²) in [5, 5.41) is 6.53. The van der Waals surface area contributed by atoms with Crippen LogP contribution in [0.2, 0.25) is 0 Å². The second-order valence-corrected chi connectivity index (χ2v) is 6.32. The van der Waals surface area contributed by atoms with Gasteiger partial charge in [-0.25, -0.2) is 0 Å². The number of hydrogen-bond donors (Lipinski definition) is 2. The molecule has 24 heavy (non-hydrogen) atoms. The summed E-state index contributed by atoms with van der Waals surface area (Å²) in [6.45, 7) is 8.50. The van der Waals surface area contributed by atoms with E-state index in [1.807, 2.05) is 6.07 Å². The van der Waals surface area contributed by atoms with E-state index in [4.69, 9.17) is 9.47 Å². The summed E-state index contributed by atoms with van der Waals surface area (Å²) in [7, 11) is 0. The SMILES string of the molecule is CCCOc1ccc(C(=O)NC2CCCNC2C)cc1OCCC. The maximum Gasteiger partial charge on any atom is 0.251 e. The van der Waals surface area contributed by atoms with Crippen LogP contribution >= 0.6 is 0 Å². The quantitative estimate of drug-likeness (QED) is 0.767. The Hall–Kier alpha value is -1.75. The molecule has 0 radical (unpaired) electrons. The number of nitrogens with one attached hydrogen (secondary N) is 2. The first kappa shape index (κ1) is 18.6. The van der Waals surface area contributed by atoms with Gasteiger partial charge < -0.3 is 20.1 Å². The van der Waals surface area contributed by atoms with Gasteiger partial charge in [0.05, 0.1) is 13.2 Å². The highest BCUT2D eigenvalue weighted by atomic mass is 16.5. The first-order chi connectivity index (χ1) is 11.7. The predicted octanol–water partition coefficient (Wildman–Crippen LogP) is 3.13. The Bertz CT molecular complexity index is 533. The molecule has 0 aromatic heterocycles. The van der Waals surface area contributed by atoms with Gasteiger partial charge >= 0.3 is 0 Å². The molecule has 1 amide bonds. The van der Waals surface area contributed by atoms with E-state index >= 15 is 0 Å². The Morgan fingerprint density at radius 2 is 1.92 bits per heavy atom. The van der Waals surface area contributed by atoms with Crippen molar-refractivity contribution in [2.75, 3.05) is 19.8 Å². The van der Waals surface area contributed by atoms with Gasteiger partial charge in [0.25, 0.3) is 5.91 Å². The molecule has 1 heterocycles. The van der Waals surface area contributed by atoms with E-state index in [2.05, 4.69) is 31.4 Å². The fourth-order valence-corrected chi connectivity index (χ4v) is 2.80. The third-order valence-corrected chi connectivity index (χ3v) is 4.21. The van der Waals surface area contributed by atoms with Gasteiger partial charge in [0.2, 0.25) is 0 Å². The lowest BCUT2D eigenvalue weighted by Crippen LogP contribution is -2.51. The molecule has 1 aromatic rings. The number of piperidine rings is 1. The Labute approximate surface area is 145 Å². The molecular weight excluding hydrogens is 304 g/mol. The Balaban J connectivity index is 2.08. The Kier molecular flexibility index (Phi) is 7.37. The summed E-state index contributed by atoms with van der Waals surface area (Å²) in [6.07, 6.45) is 3.94. The van der Waals surface area contributed by atoms with Gasteiger partial charge in [-0.05, 0) is 57.4 Å². The maximum absolute atomic E-state index is 12.6. The Morgan fingerprint density at radius 1 is 1.21 bits per heavy atom. The fourth-order valence-electron chi connectivity index (χ4n) is 2.80. The van der Waals surface area contributed by atoms with E-state index in [1.54, 1.807) is 12.1 Å². The average Bonchev–Trinajstić information content (AvgIpc) is 2.60. The summed E-state index contributed by atoms with van der Waals surface area (Å²) >= 11 is 0. The predicted molar refractivity (Wildman–Crippen MR) is 96.0 cm³/mol. The van der Waals surface area contributed by atoms with Crippen molar-refractivity contribution >= 4 is 5.91 Å². The molecule has 1 aliphatic heterocycles. The third kappa shape index (κ3) is 5.13. The standard InChI is InChI=1S/C19H30N2O3/c1-4-11-23-17-9-8-15(13-18(17)24-12-5-2)19(22)21-16-7-6-10-20-14(16)3/h8-9,13-14,16,20H,4-7,10-12H2,1-3H3,(H,21,22). The van der Waals surface area contributed by atoms with Crippen LogP contribution in [-0.2, 0) is 0 Å². The smallest absolute Gasteiger partial charge is 0.251 e. The van der Waals surface area contributed by atoms with Crippen LogP contribution in [0, 0.1) is 0 Å². The van der Waals surface area contributed by atoms with Gasteiger partial charge in [-0.1, -0.05) is 13.8 Å². The Morgan fingerprint density at radius 3 is 2.58 bits per heavy atom. The average molecular weight is 334 g/mol. The number of carbonyl (C=O) groups excluding carboxylic acids is 1. The van der Waals surface area contributed by atoms with E-state index in [-0.39, 0.29) is 11.9 Å². The minimum atomic E-state index is -0.0565. The van der Waals surface area contributed by atoms with E-state index in [1.165, 1.54) is 0 Å². The topological polar surface area (TPSA) is 59.6 Å². The zero-order valence-corrected chi connectivity index (χ0v) is 15.1. The van der Waals surface area contributed by atoms with Crippen molar-refractivity contribution in [1.82, 2.24) is 10.6 Å². The largest absolute Gasteiger partial charge is 0.490 e. The summed E-state index contributed by atoms with van der Waals surface area (Å²) in [4.78, 5) is 12.6. The summed E-state index contributed by atoms with van der Waals surface area (Å²) in [6, 6.07) is 5.89. The summed E-state index contributed by atoms with van der Waals surface area (Å²) < 4.78 is 11.5. The summed E-state index contributed by atoms with van der Waals surface area (Å²) in [5.41, 5.74) is 0.614. The van der Waals surface area contributed by atoms with Crippen molar-refractivity contribution in [3.8, 4) is 11.5 Å². The maximum atomic E-state index is 12.6. The number of ether oxygens (including phenoxy) is 2. The molecule has 1 aromatic carbocycles. The monoisotopic (exact) mass is 334 g/mol. The van der Waals surface area contributed by atoms with E-state index in [0.717, 1.165) is 32.2 Å². The van der Waals surface area contributed by atoms with Crippen molar-refractivity contribution < 1.29 is 14.3 Å². The molecule has 1 aliphatic rings. The zero-order chi connectivity index (χ0) is 17.4. The van der Waals surface area contributed by atoms with Crippen LogP contribution in [0.1, 0.15) is 56.8 Å². The molecule has 2 unspecified atom stereocenters. The number of amides is 1. The van der Waals surface area contributed by atoms with Crippen LogP contribution < -0.4 is 20.1 Å². The van der Waals surface area contributed by atoms with Crippen LogP contribution in [0.4, 0.5) is 0 Å². The lowest BCUT2D eigenvalue weighted by molar-refractivity contribution is 0.0919. The minimum Gasteiger partial charge on any atom is -0.490 e. The van der Waals surface area contributed by atoms with Crippen molar-refractivity contribution in [2.24, 2.45) is 0 Å². The number of hydrogen-bond acceptors (Lipinski definition) is 4. The molecule has 1 fully saturated rings. The van der Waals surface area contributed by atoms with Crippen LogP contribution in [0.15, 0.2) is 18.2 Å². The lowest BCUT2D eigenvalue weighted by Gasteiger charge is -2.30. The zero-order valence-electron chi connectivity index (χ0n) is 15.1. The first-order valence-corrected chi connectivity index (χ1v) is 9.09. The van der Waals surface area contributed by atoms with Gasteiger partial charge in [0, 0.05) is 17.6 Å². The van der Waals surface area contributed by atoms with Crippen molar-refractivity contribution in [3.63, 3.8) is 0 Å². The van der Waals surface area contributed by atoms with Crippen LogP contribution in [0.3, 0.4) is 0 Å². The molecule has 0 aliphatic carbocycles. The van der Waals surface area contributed by atoms with Crippen LogP contribution in [0.5, 0.6) is 11.5 Å². The van der Waals surface area contributed by atoms with Crippen LogP contribution in [0.25, 0.3) is 0 Å². The first-order valence-electron chi connectivity index (χ1n) is 9.09. The van der Waals surface area contributed by atoms with Crippen molar-refractivity contribution in [2.45, 2.75) is 58.5 Å². The minimum absolute atomic E-state index is 0.0565. The molecule has 0 bridgehead atoms. The highest BCUT2D eigenvalue weighted by molar-refractivity contribution is 5.95. The molecule has 5 heteroatoms. The summed E-state index contributed by atoms with van der Waals surface area (Å²) in [5.74, 6) is 1.29. The number of rotatable bonds is 8. The normalized spacial score (nSPS) is 20.5. The fraction of sp³-hybridized carbons (Fsp3) is 0.632. The number of carbonyl (C=O) groups is 1. The van der Waals surface area contributed by atoms with Crippen molar-refractivity contribution in [3.05, 3.63) is 23.8 Å².